The van der Waals surface area contributed by atoms with Crippen LogP contribution in [0.4, 0.5) is 0 Å². The molecule has 0 nitrogen and oxygen atoms in total. The molecule has 0 amide bonds. The van der Waals surface area contributed by atoms with E-state index in [-0.39, 0.29) is 5.41 Å². The second-order valence-corrected chi connectivity index (χ2v) is 7.06. The number of rotatable bonds is 4. The second-order valence-electron chi connectivity index (χ2n) is 6.41. The molecule has 0 aliphatic heterocycles. The summed E-state index contributed by atoms with van der Waals surface area (Å²) in [5.74, 6) is 0.539. The third kappa shape index (κ3) is 3.96. The van der Waals surface area contributed by atoms with E-state index in [1.807, 2.05) is 0 Å². The smallest absolute Gasteiger partial charge is 0.0103 e. The first-order valence-electron chi connectivity index (χ1n) is 7.21. The molecule has 0 saturated heterocycles. The molecular formula is C19H23Br. The van der Waals surface area contributed by atoms with Gasteiger partial charge < -0.3 is 0 Å². The van der Waals surface area contributed by atoms with Crippen molar-refractivity contribution in [2.75, 3.05) is 5.33 Å². The Kier molecular flexibility index (Phi) is 5.04. The lowest BCUT2D eigenvalue weighted by molar-refractivity contribution is 0.590. The fourth-order valence-electron chi connectivity index (χ4n) is 2.41. The number of alkyl halides is 1. The quantitative estimate of drug-likeness (QED) is 0.630. The predicted molar refractivity (Wildman–Crippen MR) is 91.8 cm³/mol. The fraction of sp³-hybridized carbons (Fsp3) is 0.368. The molecule has 2 aromatic carbocycles. The van der Waals surface area contributed by atoms with Gasteiger partial charge in [0, 0.05) is 5.33 Å². The predicted octanol–water partition coefficient (Wildman–Crippen LogP) is 5.71. The summed E-state index contributed by atoms with van der Waals surface area (Å²) < 4.78 is 0. The molecule has 0 saturated carbocycles. The van der Waals surface area contributed by atoms with E-state index in [9.17, 15) is 0 Å². The summed E-state index contributed by atoms with van der Waals surface area (Å²) in [6.45, 7) is 6.77. The van der Waals surface area contributed by atoms with Gasteiger partial charge in [-0.25, -0.2) is 0 Å². The van der Waals surface area contributed by atoms with Crippen molar-refractivity contribution in [1.29, 1.82) is 0 Å². The van der Waals surface area contributed by atoms with Gasteiger partial charge in [-0.1, -0.05) is 91.3 Å². The van der Waals surface area contributed by atoms with Crippen LogP contribution in [0.3, 0.4) is 0 Å². The van der Waals surface area contributed by atoms with Crippen molar-refractivity contribution < 1.29 is 0 Å². The summed E-state index contributed by atoms with van der Waals surface area (Å²) in [7, 11) is 0. The van der Waals surface area contributed by atoms with Crippen LogP contribution in [-0.2, 0) is 11.8 Å². The molecule has 0 heterocycles. The normalized spacial score (nSPS) is 13.2. The molecule has 0 N–H and O–H groups in total. The van der Waals surface area contributed by atoms with E-state index < -0.39 is 0 Å². The number of hydrogen-bond acceptors (Lipinski definition) is 0. The third-order valence-electron chi connectivity index (χ3n) is 3.76. The maximum atomic E-state index is 3.66. The molecule has 106 valence electrons. The van der Waals surface area contributed by atoms with E-state index in [1.54, 1.807) is 0 Å². The zero-order chi connectivity index (χ0) is 14.6. The van der Waals surface area contributed by atoms with Gasteiger partial charge in [-0.3, -0.25) is 0 Å². The highest BCUT2D eigenvalue weighted by molar-refractivity contribution is 9.09. The van der Waals surface area contributed by atoms with Crippen LogP contribution in [0.25, 0.3) is 0 Å². The Labute approximate surface area is 131 Å². The Morgan fingerprint density at radius 1 is 0.900 bits per heavy atom. The minimum atomic E-state index is 0.229. The Bertz CT molecular complexity index is 520. The molecule has 1 heteroatoms. The Hall–Kier alpha value is -1.08. The molecule has 0 fully saturated rings. The summed E-state index contributed by atoms with van der Waals surface area (Å²) in [5, 5.41) is 0.998. The molecule has 0 aromatic heterocycles. The van der Waals surface area contributed by atoms with E-state index in [1.165, 1.54) is 16.7 Å². The Morgan fingerprint density at radius 2 is 1.50 bits per heavy atom. The number of halogens is 1. The van der Waals surface area contributed by atoms with Crippen molar-refractivity contribution >= 4 is 15.9 Å². The highest BCUT2D eigenvalue weighted by Crippen LogP contribution is 2.26. The largest absolute Gasteiger partial charge is 0.0921 e. The van der Waals surface area contributed by atoms with E-state index >= 15 is 0 Å². The van der Waals surface area contributed by atoms with Gasteiger partial charge in [0.1, 0.15) is 0 Å². The second kappa shape index (κ2) is 6.58. The molecule has 0 spiro atoms. The SMILES string of the molecule is CC(C)(C)c1ccc(CC(CBr)c2ccccc2)cc1. The summed E-state index contributed by atoms with van der Waals surface area (Å²) in [6, 6.07) is 19.8. The van der Waals surface area contributed by atoms with Gasteiger partial charge in [-0.2, -0.15) is 0 Å². The standard InChI is InChI=1S/C19H23Br/c1-19(2,3)18-11-9-15(10-12-18)13-17(14-20)16-7-5-4-6-8-16/h4-12,17H,13-14H2,1-3H3. The molecule has 20 heavy (non-hydrogen) atoms. The van der Waals surface area contributed by atoms with Crippen molar-refractivity contribution in [3.63, 3.8) is 0 Å². The molecule has 0 radical (unpaired) electrons. The topological polar surface area (TPSA) is 0 Å². The molecule has 2 aromatic rings. The zero-order valence-electron chi connectivity index (χ0n) is 12.6. The van der Waals surface area contributed by atoms with Crippen LogP contribution in [0, 0.1) is 0 Å². The van der Waals surface area contributed by atoms with E-state index in [2.05, 4.69) is 91.3 Å². The Morgan fingerprint density at radius 3 is 2.00 bits per heavy atom. The van der Waals surface area contributed by atoms with Gasteiger partial charge in [0.25, 0.3) is 0 Å². The van der Waals surface area contributed by atoms with Crippen LogP contribution in [0.5, 0.6) is 0 Å². The van der Waals surface area contributed by atoms with Crippen LogP contribution in [0.2, 0.25) is 0 Å². The lowest BCUT2D eigenvalue weighted by Crippen LogP contribution is -2.11. The summed E-state index contributed by atoms with van der Waals surface area (Å²) >= 11 is 3.66. The average Bonchev–Trinajstić information content (AvgIpc) is 2.45. The molecular weight excluding hydrogens is 308 g/mol. The maximum Gasteiger partial charge on any atom is 0.0103 e. The minimum absolute atomic E-state index is 0.229. The molecule has 2 rings (SSSR count). The first-order valence-corrected chi connectivity index (χ1v) is 8.33. The Balaban J connectivity index is 2.13. The maximum absolute atomic E-state index is 3.66. The first-order chi connectivity index (χ1) is 9.50. The average molecular weight is 331 g/mol. The van der Waals surface area contributed by atoms with Crippen LogP contribution in [-0.4, -0.2) is 5.33 Å². The molecule has 0 bridgehead atoms. The highest BCUT2D eigenvalue weighted by Gasteiger charge is 2.14. The van der Waals surface area contributed by atoms with Gasteiger partial charge in [0.05, 0.1) is 0 Å². The lowest BCUT2D eigenvalue weighted by Gasteiger charge is -2.20. The summed E-state index contributed by atoms with van der Waals surface area (Å²) in [6.07, 6.45) is 1.08. The molecule has 0 aliphatic rings. The highest BCUT2D eigenvalue weighted by atomic mass is 79.9. The summed E-state index contributed by atoms with van der Waals surface area (Å²) in [4.78, 5) is 0. The van der Waals surface area contributed by atoms with Gasteiger partial charge in [-0.15, -0.1) is 0 Å². The van der Waals surface area contributed by atoms with Crippen molar-refractivity contribution in [1.82, 2.24) is 0 Å². The van der Waals surface area contributed by atoms with Gasteiger partial charge in [0.15, 0.2) is 0 Å². The van der Waals surface area contributed by atoms with Crippen LogP contribution >= 0.6 is 15.9 Å². The van der Waals surface area contributed by atoms with Gasteiger partial charge >= 0.3 is 0 Å². The summed E-state index contributed by atoms with van der Waals surface area (Å²) in [5.41, 5.74) is 4.44. The van der Waals surface area contributed by atoms with Crippen molar-refractivity contribution in [2.24, 2.45) is 0 Å². The van der Waals surface area contributed by atoms with Gasteiger partial charge in [0.2, 0.25) is 0 Å². The molecule has 0 aliphatic carbocycles. The number of benzene rings is 2. The van der Waals surface area contributed by atoms with E-state index in [0.717, 1.165) is 11.8 Å². The molecule has 1 atom stereocenters. The van der Waals surface area contributed by atoms with E-state index in [4.69, 9.17) is 0 Å². The van der Waals surface area contributed by atoms with Crippen LogP contribution in [0.1, 0.15) is 43.4 Å². The van der Waals surface area contributed by atoms with Gasteiger partial charge in [-0.05, 0) is 34.4 Å². The van der Waals surface area contributed by atoms with Crippen molar-refractivity contribution in [2.45, 2.75) is 38.5 Å². The third-order valence-corrected chi connectivity index (χ3v) is 4.54. The lowest BCUT2D eigenvalue weighted by atomic mass is 9.85. The van der Waals surface area contributed by atoms with Crippen LogP contribution in [0.15, 0.2) is 54.6 Å². The van der Waals surface area contributed by atoms with E-state index in [0.29, 0.717) is 5.92 Å². The van der Waals surface area contributed by atoms with Crippen molar-refractivity contribution in [3.05, 3.63) is 71.3 Å². The monoisotopic (exact) mass is 330 g/mol. The van der Waals surface area contributed by atoms with Crippen molar-refractivity contribution in [3.8, 4) is 0 Å². The minimum Gasteiger partial charge on any atom is -0.0921 e. The first kappa shape index (κ1) is 15.3. The molecule has 1 unspecified atom stereocenters. The van der Waals surface area contributed by atoms with Crippen LogP contribution < -0.4 is 0 Å². The number of hydrogen-bond donors (Lipinski definition) is 0. The fourth-order valence-corrected chi connectivity index (χ4v) is 3.01. The zero-order valence-corrected chi connectivity index (χ0v) is 14.2.